The van der Waals surface area contributed by atoms with Crippen LogP contribution in [-0.4, -0.2) is 12.4 Å². The number of benzene rings is 1. The minimum Gasteiger partial charge on any atom is -0.492 e. The van der Waals surface area contributed by atoms with Crippen LogP contribution in [0.1, 0.15) is 36.0 Å². The highest BCUT2D eigenvalue weighted by Gasteiger charge is 2.36. The van der Waals surface area contributed by atoms with Gasteiger partial charge in [-0.25, -0.2) is 0 Å². The molecule has 0 aliphatic heterocycles. The Bertz CT molecular complexity index is 402. The van der Waals surface area contributed by atoms with Gasteiger partial charge in [-0.2, -0.15) is 12.6 Å². The Morgan fingerprint density at radius 3 is 2.35 bits per heavy atom. The van der Waals surface area contributed by atoms with Crippen molar-refractivity contribution in [3.63, 3.8) is 0 Å². The molecule has 0 bridgehead atoms. The van der Waals surface area contributed by atoms with Crippen LogP contribution in [0.4, 0.5) is 0 Å². The van der Waals surface area contributed by atoms with Gasteiger partial charge < -0.3 is 4.74 Å². The van der Waals surface area contributed by atoms with Crippen molar-refractivity contribution < 1.29 is 4.74 Å². The lowest BCUT2D eigenvalue weighted by Crippen LogP contribution is -2.37. The predicted molar refractivity (Wildman–Crippen MR) is 76.3 cm³/mol. The Kier molecular flexibility index (Phi) is 3.72. The molecule has 0 heterocycles. The second-order valence-electron chi connectivity index (χ2n) is 5.45. The lowest BCUT2D eigenvalue weighted by atomic mass is 9.71. The number of thiol groups is 1. The molecule has 17 heavy (non-hydrogen) atoms. The molecule has 0 N–H and O–H groups in total. The van der Waals surface area contributed by atoms with Gasteiger partial charge in [-0.3, -0.25) is 0 Å². The van der Waals surface area contributed by atoms with Crippen LogP contribution in [0, 0.1) is 26.2 Å². The third-order valence-electron chi connectivity index (χ3n) is 4.15. The summed E-state index contributed by atoms with van der Waals surface area (Å²) in [7, 11) is 0. The van der Waals surface area contributed by atoms with Gasteiger partial charge in [0, 0.05) is 5.41 Å². The van der Waals surface area contributed by atoms with Crippen molar-refractivity contribution in [1.82, 2.24) is 0 Å². The Labute approximate surface area is 110 Å². The number of hydrogen-bond acceptors (Lipinski definition) is 2. The van der Waals surface area contributed by atoms with Gasteiger partial charge in [0.05, 0.1) is 6.61 Å². The summed E-state index contributed by atoms with van der Waals surface area (Å²) in [5, 5.41) is 0. The van der Waals surface area contributed by atoms with E-state index in [0.717, 1.165) is 18.1 Å². The van der Waals surface area contributed by atoms with Crippen LogP contribution in [0.3, 0.4) is 0 Å². The molecule has 1 aliphatic rings. The van der Waals surface area contributed by atoms with Crippen molar-refractivity contribution in [2.24, 2.45) is 5.41 Å². The Morgan fingerprint density at radius 1 is 1.18 bits per heavy atom. The summed E-state index contributed by atoms with van der Waals surface area (Å²) >= 11 is 4.47. The minimum atomic E-state index is 0.339. The molecule has 94 valence electrons. The summed E-state index contributed by atoms with van der Waals surface area (Å²) < 4.78 is 6.10. The zero-order valence-corrected chi connectivity index (χ0v) is 11.9. The molecule has 0 aromatic heterocycles. The van der Waals surface area contributed by atoms with Crippen molar-refractivity contribution in [3.8, 4) is 5.75 Å². The highest BCUT2D eigenvalue weighted by molar-refractivity contribution is 7.80. The summed E-state index contributed by atoms with van der Waals surface area (Å²) in [5.74, 6) is 2.02. The molecule has 0 saturated heterocycles. The molecule has 0 unspecified atom stereocenters. The molecule has 1 fully saturated rings. The monoisotopic (exact) mass is 250 g/mol. The van der Waals surface area contributed by atoms with Crippen LogP contribution in [0.15, 0.2) is 12.1 Å². The van der Waals surface area contributed by atoms with E-state index >= 15 is 0 Å². The van der Waals surface area contributed by atoms with Gasteiger partial charge in [-0.15, -0.1) is 0 Å². The fraction of sp³-hybridized carbons (Fsp3) is 0.600. The molecular weight excluding hydrogens is 228 g/mol. The first-order valence-corrected chi connectivity index (χ1v) is 7.02. The summed E-state index contributed by atoms with van der Waals surface area (Å²) in [6, 6.07) is 4.31. The first kappa shape index (κ1) is 12.8. The van der Waals surface area contributed by atoms with Crippen LogP contribution < -0.4 is 4.74 Å². The van der Waals surface area contributed by atoms with Crippen LogP contribution >= 0.6 is 12.6 Å². The van der Waals surface area contributed by atoms with Crippen molar-refractivity contribution in [3.05, 3.63) is 28.8 Å². The third-order valence-corrected chi connectivity index (χ3v) is 4.82. The summed E-state index contributed by atoms with van der Waals surface area (Å²) in [6.45, 7) is 7.22. The highest BCUT2D eigenvalue weighted by atomic mass is 32.1. The largest absolute Gasteiger partial charge is 0.492 e. The van der Waals surface area contributed by atoms with Crippen LogP contribution in [0.25, 0.3) is 0 Å². The molecule has 1 nitrogen and oxygen atoms in total. The minimum absolute atomic E-state index is 0.339. The third kappa shape index (κ3) is 2.47. The zero-order valence-electron chi connectivity index (χ0n) is 11.0. The molecule has 0 radical (unpaired) electrons. The van der Waals surface area contributed by atoms with Gasteiger partial charge in [0.2, 0.25) is 0 Å². The second-order valence-corrected chi connectivity index (χ2v) is 5.77. The van der Waals surface area contributed by atoms with E-state index in [0.29, 0.717) is 5.41 Å². The molecule has 1 aliphatic carbocycles. The van der Waals surface area contributed by atoms with E-state index in [1.807, 2.05) is 0 Å². The molecule has 1 aromatic carbocycles. The molecule has 2 rings (SSSR count). The van der Waals surface area contributed by atoms with Gasteiger partial charge in [-0.1, -0.05) is 18.6 Å². The Balaban J connectivity index is 2.11. The van der Waals surface area contributed by atoms with Gasteiger partial charge in [0.1, 0.15) is 5.75 Å². The van der Waals surface area contributed by atoms with E-state index < -0.39 is 0 Å². The first-order chi connectivity index (χ1) is 8.08. The topological polar surface area (TPSA) is 9.23 Å². The maximum atomic E-state index is 6.10. The molecule has 1 aromatic rings. The molecule has 2 heteroatoms. The maximum absolute atomic E-state index is 6.10. The lowest BCUT2D eigenvalue weighted by Gasteiger charge is -2.40. The molecular formula is C15H22OS. The van der Waals surface area contributed by atoms with E-state index in [4.69, 9.17) is 4.74 Å². The van der Waals surface area contributed by atoms with E-state index in [1.54, 1.807) is 0 Å². The van der Waals surface area contributed by atoms with Gasteiger partial charge in [0.25, 0.3) is 0 Å². The predicted octanol–water partition coefficient (Wildman–Crippen LogP) is 4.09. The number of ether oxygens (including phenoxy) is 1. The van der Waals surface area contributed by atoms with E-state index in [2.05, 4.69) is 45.5 Å². The lowest BCUT2D eigenvalue weighted by molar-refractivity contribution is 0.0821. The second kappa shape index (κ2) is 4.93. The fourth-order valence-electron chi connectivity index (χ4n) is 2.40. The quantitative estimate of drug-likeness (QED) is 0.792. The zero-order chi connectivity index (χ0) is 12.5. The van der Waals surface area contributed by atoms with Crippen molar-refractivity contribution in [1.29, 1.82) is 0 Å². The summed E-state index contributed by atoms with van der Waals surface area (Å²) in [6.07, 6.45) is 3.86. The van der Waals surface area contributed by atoms with Crippen LogP contribution in [0.5, 0.6) is 5.75 Å². The van der Waals surface area contributed by atoms with Crippen LogP contribution in [0.2, 0.25) is 0 Å². The number of aryl methyl sites for hydroxylation is 2. The first-order valence-electron chi connectivity index (χ1n) is 6.38. The van der Waals surface area contributed by atoms with E-state index in [1.165, 1.54) is 36.0 Å². The molecule has 1 saturated carbocycles. The SMILES string of the molecule is Cc1ccc(C)c(OCC2(CS)CCC2)c1C. The smallest absolute Gasteiger partial charge is 0.125 e. The van der Waals surface area contributed by atoms with Crippen molar-refractivity contribution in [2.75, 3.05) is 12.4 Å². The number of rotatable bonds is 4. The Morgan fingerprint density at radius 2 is 1.82 bits per heavy atom. The van der Waals surface area contributed by atoms with Crippen molar-refractivity contribution >= 4 is 12.6 Å². The fourth-order valence-corrected chi connectivity index (χ4v) is 2.81. The molecule has 0 atom stereocenters. The van der Waals surface area contributed by atoms with Gasteiger partial charge >= 0.3 is 0 Å². The number of hydrogen-bond donors (Lipinski definition) is 1. The van der Waals surface area contributed by atoms with Gasteiger partial charge in [-0.05, 0) is 56.1 Å². The van der Waals surface area contributed by atoms with Crippen molar-refractivity contribution in [2.45, 2.75) is 40.0 Å². The summed E-state index contributed by atoms with van der Waals surface area (Å²) in [5.41, 5.74) is 4.16. The van der Waals surface area contributed by atoms with E-state index in [9.17, 15) is 0 Å². The normalized spacial score (nSPS) is 17.6. The standard InChI is InChI=1S/C15H22OS/c1-11-5-6-12(2)14(13(11)3)16-9-15(10-17)7-4-8-15/h5-6,17H,4,7-10H2,1-3H3. The van der Waals surface area contributed by atoms with Gasteiger partial charge in [0.15, 0.2) is 0 Å². The molecule has 0 amide bonds. The maximum Gasteiger partial charge on any atom is 0.125 e. The Hall–Kier alpha value is -0.630. The average Bonchev–Trinajstić information content (AvgIpc) is 2.27. The summed E-state index contributed by atoms with van der Waals surface area (Å²) in [4.78, 5) is 0. The van der Waals surface area contributed by atoms with E-state index in [-0.39, 0.29) is 0 Å². The molecule has 0 spiro atoms. The average molecular weight is 250 g/mol. The highest BCUT2D eigenvalue weighted by Crippen LogP contribution is 2.42. The van der Waals surface area contributed by atoms with Crippen LogP contribution in [-0.2, 0) is 0 Å².